The van der Waals surface area contributed by atoms with Gasteiger partial charge in [0.15, 0.2) is 0 Å². The molecule has 0 aliphatic carbocycles. The molecule has 9 atom stereocenters. The predicted molar refractivity (Wildman–Crippen MR) is 259 cm³/mol. The van der Waals surface area contributed by atoms with Crippen molar-refractivity contribution in [1.29, 1.82) is 5.26 Å². The maximum absolute atomic E-state index is 13.4. The van der Waals surface area contributed by atoms with Crippen LogP contribution in [0.5, 0.6) is 0 Å². The van der Waals surface area contributed by atoms with Gasteiger partial charge in [0.05, 0.1) is 0 Å². The molecule has 5 N–H and O–H groups in total. The van der Waals surface area contributed by atoms with Crippen LogP contribution in [0.3, 0.4) is 0 Å². The van der Waals surface area contributed by atoms with Gasteiger partial charge in [-0.25, -0.2) is 0 Å². The van der Waals surface area contributed by atoms with Crippen molar-refractivity contribution in [3.8, 4) is 6.07 Å². The number of anilines is 1. The fourth-order valence-corrected chi connectivity index (χ4v) is 13.4. The van der Waals surface area contributed by atoms with Crippen LogP contribution in [0.15, 0.2) is 60.4 Å². The number of aliphatic hydroxyl groups is 1. The van der Waals surface area contributed by atoms with Crippen molar-refractivity contribution >= 4 is 66.9 Å². The van der Waals surface area contributed by atoms with Crippen LogP contribution in [0, 0.1) is 11.3 Å². The summed E-state index contributed by atoms with van der Waals surface area (Å²) in [6, 6.07) is 10.6. The van der Waals surface area contributed by atoms with E-state index < -0.39 is 111 Å². The number of aromatic amines is 1. The summed E-state index contributed by atoms with van der Waals surface area (Å²) in [6.45, 7) is 19.0. The van der Waals surface area contributed by atoms with Crippen molar-refractivity contribution in [2.45, 2.75) is 133 Å². The summed E-state index contributed by atoms with van der Waals surface area (Å²) >= 11 is 0. The van der Waals surface area contributed by atoms with Gasteiger partial charge in [-0.05, 0) is 0 Å². The van der Waals surface area contributed by atoms with Crippen molar-refractivity contribution in [1.82, 2.24) is 39.0 Å². The Morgan fingerprint density at radius 2 is 1.48 bits per heavy atom. The van der Waals surface area contributed by atoms with Gasteiger partial charge in [0, 0.05) is 0 Å². The molecule has 2 aliphatic rings. The fraction of sp³-hybridized carbons (Fsp3) is 0.571. The number of carbonyl (C=O) groups excluding carboxylic acids is 1. The summed E-state index contributed by atoms with van der Waals surface area (Å²) < 4.78 is 60.9. The number of aliphatic hydroxyl groups excluding tert-OH is 1. The Bertz CT molecular complexity index is 2750. The molecule has 2 fully saturated rings. The van der Waals surface area contributed by atoms with Gasteiger partial charge in [0.1, 0.15) is 0 Å². The number of benzene rings is 1. The van der Waals surface area contributed by atoms with E-state index >= 15 is 0 Å². The molecule has 0 bridgehead atoms. The third kappa shape index (κ3) is 11.0. The number of aromatic nitrogens is 8. The average molecular weight is 1030 g/mol. The zero-order valence-electron chi connectivity index (χ0n) is 40.1. The van der Waals surface area contributed by atoms with Gasteiger partial charge in [-0.15, -0.1) is 0 Å². The van der Waals surface area contributed by atoms with Crippen molar-refractivity contribution < 1.29 is 56.1 Å². The zero-order valence-corrected chi connectivity index (χ0v) is 44.1. The Hall–Kier alpha value is -4.23. The molecule has 23 nitrogen and oxygen atoms in total. The van der Waals surface area contributed by atoms with Crippen molar-refractivity contribution in [2.75, 3.05) is 25.1 Å². The van der Waals surface area contributed by atoms with E-state index in [9.17, 15) is 34.3 Å². The molecule has 4 aromatic heterocycles. The Morgan fingerprint density at radius 3 is 2.12 bits per heavy atom. The van der Waals surface area contributed by atoms with Crippen LogP contribution in [-0.4, -0.2) is 132 Å². The van der Waals surface area contributed by atoms with E-state index in [2.05, 4.69) is 35.2 Å². The van der Waals surface area contributed by atoms with Crippen molar-refractivity contribution in [3.63, 3.8) is 0 Å². The van der Waals surface area contributed by atoms with E-state index in [0.717, 1.165) is 0 Å². The van der Waals surface area contributed by atoms with E-state index in [1.807, 2.05) is 73.8 Å². The number of hydrogen-bond acceptors (Lipinski definition) is 18. The Labute approximate surface area is 401 Å². The summed E-state index contributed by atoms with van der Waals surface area (Å²) in [6.07, 6.45) is -3.30. The summed E-state index contributed by atoms with van der Waals surface area (Å²) in [5.74, 6) is -0.377. The quantitative estimate of drug-likeness (QED) is 0.0420. The molecule has 5 unspecified atom stereocenters. The number of fused-ring (bicyclic) bond motifs is 2. The third-order valence-electron chi connectivity index (χ3n) is 13.4. The van der Waals surface area contributed by atoms with Gasteiger partial charge in [-0.2, -0.15) is 0 Å². The van der Waals surface area contributed by atoms with Crippen LogP contribution in [0.1, 0.15) is 70.8 Å². The van der Waals surface area contributed by atoms with Crippen molar-refractivity contribution in [2.24, 2.45) is 0 Å². The number of H-pyrrole nitrogens is 1. The SMILES string of the molecule is CC(C)(C)[Si](C)(C)O[C@@H]1C(CO[PH](O)(OCCC#N)[C@H]2C(n3cnc4c(NC(=O)c5ccccc5)ncnc43)OC(CO[PH](=O)O)[C@H]2O[Si](C)(C)C(C)(C)C)OC(n2cnc3c(=O)[nH]cnc32)[C@@H]1O. The molecule has 0 spiro atoms. The first-order valence-corrected chi connectivity index (χ1v) is 31.3. The number of amides is 1. The first-order chi connectivity index (χ1) is 32.4. The van der Waals surface area contributed by atoms with Crippen LogP contribution in [0.2, 0.25) is 36.3 Å². The number of rotatable bonds is 18. The Balaban J connectivity index is 1.34. The average Bonchev–Trinajstić information content (AvgIpc) is 4.06. The topological polar surface area (TPSA) is 302 Å². The van der Waals surface area contributed by atoms with Gasteiger partial charge in [0.2, 0.25) is 0 Å². The van der Waals surface area contributed by atoms with Gasteiger partial charge in [0.25, 0.3) is 0 Å². The fourth-order valence-electron chi connectivity index (χ4n) is 7.69. The van der Waals surface area contributed by atoms with Crippen LogP contribution >= 0.6 is 16.2 Å². The van der Waals surface area contributed by atoms with Crippen LogP contribution < -0.4 is 10.9 Å². The maximum atomic E-state index is 13.4. The minimum absolute atomic E-state index is 0.0237. The first kappa shape index (κ1) is 52.6. The second kappa shape index (κ2) is 20.5. The van der Waals surface area contributed by atoms with E-state index in [0.29, 0.717) is 5.56 Å². The molecule has 27 heteroatoms. The van der Waals surface area contributed by atoms with E-state index in [1.54, 1.807) is 30.3 Å². The van der Waals surface area contributed by atoms with Gasteiger partial charge < -0.3 is 0 Å². The second-order valence-electron chi connectivity index (χ2n) is 20.0. The van der Waals surface area contributed by atoms with Crippen molar-refractivity contribution in [3.05, 3.63) is 71.6 Å². The molecule has 1 aromatic carbocycles. The minimum atomic E-state index is -4.93. The summed E-state index contributed by atoms with van der Waals surface area (Å²) in [7, 11) is -14.0. The summed E-state index contributed by atoms with van der Waals surface area (Å²) in [4.78, 5) is 73.8. The monoisotopic (exact) mass is 1030 g/mol. The van der Waals surface area contributed by atoms with Crippen LogP contribution in [-0.2, 0) is 36.5 Å². The molecule has 7 rings (SSSR count). The zero-order chi connectivity index (χ0) is 50.3. The number of hydrogen-bond donors (Lipinski definition) is 5. The molecule has 0 radical (unpaired) electrons. The number of nitriles is 1. The molecule has 2 saturated heterocycles. The normalized spacial score (nSPS) is 24.5. The summed E-state index contributed by atoms with van der Waals surface area (Å²) in [5.41, 5.74) is -0.927. The molecular weight excluding hydrogens is 971 g/mol. The molecule has 1 amide bonds. The number of nitrogens with zero attached hydrogens (tertiary/aromatic N) is 8. The Kier molecular flexibility index (Phi) is 15.6. The first-order valence-electron chi connectivity index (χ1n) is 22.4. The molecular formula is C42H62N10O13P2Si2. The van der Waals surface area contributed by atoms with Crippen LogP contribution in [0.25, 0.3) is 22.3 Å². The molecule has 376 valence electrons. The molecule has 6 heterocycles. The second-order valence-corrected chi connectivity index (χ2v) is 32.9. The molecule has 0 saturated carbocycles. The van der Waals surface area contributed by atoms with E-state index in [4.69, 9.17) is 31.9 Å². The molecule has 69 heavy (non-hydrogen) atoms. The number of nitrogens with one attached hydrogen (secondary N) is 2. The Morgan fingerprint density at radius 1 is 0.884 bits per heavy atom. The van der Waals surface area contributed by atoms with E-state index in [-0.39, 0.29) is 46.2 Å². The number of ether oxygens (including phenoxy) is 2. The number of imidazole rings is 2. The summed E-state index contributed by atoms with van der Waals surface area (Å²) in [5, 5.41) is 23.9. The van der Waals surface area contributed by atoms with Crippen LogP contribution in [0.4, 0.5) is 5.82 Å². The molecule has 5 aromatic rings. The van der Waals surface area contributed by atoms with Gasteiger partial charge in [-0.1, -0.05) is 0 Å². The van der Waals surface area contributed by atoms with Gasteiger partial charge >= 0.3 is 403 Å². The predicted octanol–water partition coefficient (Wildman–Crippen LogP) is 5.35. The number of carbonyl (C=O) groups is 1. The molecule has 2 aliphatic heterocycles. The van der Waals surface area contributed by atoms with E-state index in [1.165, 1.54) is 34.4 Å². The standard InChI is InChI=1S/C42H62N10O13P2Si2/c1-41(2,3)68(7,8)64-31-27(62-39(30(31)53)51-24-49-29-36(51)46-22-47-38(29)55)20-61-67(58,60-18-14-17-43)33-32(65-69(9,10)42(4,5)6)26(19-59-66(56)57)63-40(33)52-23-48-28-34(44-21-45-35(28)52)50-37(54)25-15-12-11-13-16-25/h11-13,15-16,21-24,26-27,30-33,39-40,53,58,66-67H,14,18-20H2,1-10H3,(H,56,57)(H,46,47,55)(H,44,45,50,54)/t26?,27?,30-,31-,32-,33-,39?,40?/m1/s1. The third-order valence-corrected chi connectivity index (χ3v) is 25.5. The van der Waals surface area contributed by atoms with Gasteiger partial charge in [-0.3, -0.25) is 0 Å².